The van der Waals surface area contributed by atoms with Crippen molar-refractivity contribution in [2.45, 2.75) is 12.8 Å². The highest BCUT2D eigenvalue weighted by molar-refractivity contribution is 6.00. The van der Waals surface area contributed by atoms with Crippen LogP contribution in [0, 0.1) is 23.7 Å². The summed E-state index contributed by atoms with van der Waals surface area (Å²) in [6.45, 7) is 0. The Kier molecular flexibility index (Phi) is 1.03. The van der Waals surface area contributed by atoms with E-state index in [1.807, 2.05) is 6.08 Å². The predicted octanol–water partition coefficient (Wildman–Crippen LogP) is 0.967. The van der Waals surface area contributed by atoms with Crippen LogP contribution in [0.2, 0.25) is 0 Å². The van der Waals surface area contributed by atoms with Crippen LogP contribution in [0.15, 0.2) is 12.2 Å². The Labute approximate surface area is 70.6 Å². The van der Waals surface area contributed by atoms with Crippen LogP contribution in [0.3, 0.4) is 0 Å². The minimum absolute atomic E-state index is 0.0521. The van der Waals surface area contributed by atoms with Crippen molar-refractivity contribution in [3.63, 3.8) is 0 Å². The number of fused-ring (bicyclic) bond motifs is 5. The Bertz CT molecular complexity index is 303. The van der Waals surface area contributed by atoms with E-state index >= 15 is 0 Å². The van der Waals surface area contributed by atoms with E-state index < -0.39 is 0 Å². The van der Waals surface area contributed by atoms with Gasteiger partial charge in [0.05, 0.1) is 0 Å². The van der Waals surface area contributed by atoms with Crippen LogP contribution in [0.25, 0.3) is 0 Å². The van der Waals surface area contributed by atoms with Gasteiger partial charge in [0.25, 0.3) is 0 Å². The fraction of sp³-hybridized carbons (Fsp3) is 0.600. The van der Waals surface area contributed by atoms with Crippen molar-refractivity contribution in [3.8, 4) is 0 Å². The van der Waals surface area contributed by atoms with Crippen molar-refractivity contribution in [2.75, 3.05) is 0 Å². The van der Waals surface area contributed by atoms with E-state index in [9.17, 15) is 9.59 Å². The molecule has 12 heavy (non-hydrogen) atoms. The Morgan fingerprint density at radius 1 is 1.33 bits per heavy atom. The fourth-order valence-corrected chi connectivity index (χ4v) is 3.13. The first kappa shape index (κ1) is 6.58. The molecule has 0 spiro atoms. The third-order valence-corrected chi connectivity index (χ3v) is 3.64. The average Bonchev–Trinajstić information content (AvgIpc) is 2.62. The molecule has 0 aromatic heterocycles. The third-order valence-electron chi connectivity index (χ3n) is 3.64. The van der Waals surface area contributed by atoms with E-state index in [1.165, 1.54) is 0 Å². The minimum Gasteiger partial charge on any atom is -0.299 e. The molecule has 0 radical (unpaired) electrons. The second-order valence-electron chi connectivity index (χ2n) is 4.14. The summed E-state index contributed by atoms with van der Waals surface area (Å²) in [5.74, 6) is 1.58. The maximum atomic E-state index is 11.4. The summed E-state index contributed by atoms with van der Waals surface area (Å²) >= 11 is 0. The highest BCUT2D eigenvalue weighted by Crippen LogP contribution is 2.53. The van der Waals surface area contributed by atoms with Gasteiger partial charge < -0.3 is 0 Å². The number of hydrogen-bond acceptors (Lipinski definition) is 2. The third kappa shape index (κ3) is 0.576. The van der Waals surface area contributed by atoms with Crippen molar-refractivity contribution in [2.24, 2.45) is 23.7 Å². The van der Waals surface area contributed by atoms with Gasteiger partial charge in [0.15, 0.2) is 5.78 Å². The number of carbonyl (C=O) groups excluding carboxylic acids is 2. The van der Waals surface area contributed by atoms with Crippen molar-refractivity contribution in [1.82, 2.24) is 0 Å². The molecule has 2 bridgehead atoms. The van der Waals surface area contributed by atoms with Gasteiger partial charge in [-0.25, -0.2) is 0 Å². The van der Waals surface area contributed by atoms with E-state index in [0.717, 1.165) is 12.8 Å². The van der Waals surface area contributed by atoms with Gasteiger partial charge in [-0.3, -0.25) is 9.59 Å². The lowest BCUT2D eigenvalue weighted by Gasteiger charge is -2.21. The summed E-state index contributed by atoms with van der Waals surface area (Å²) in [5, 5.41) is 0. The summed E-state index contributed by atoms with van der Waals surface area (Å²) in [5.41, 5.74) is 0. The molecule has 0 aliphatic heterocycles. The van der Waals surface area contributed by atoms with Crippen LogP contribution in [-0.4, -0.2) is 11.6 Å². The Morgan fingerprint density at radius 2 is 2.17 bits per heavy atom. The fourth-order valence-electron chi connectivity index (χ4n) is 3.13. The normalized spacial score (nSPS) is 49.0. The van der Waals surface area contributed by atoms with Gasteiger partial charge in [0, 0.05) is 18.3 Å². The molecule has 4 atom stereocenters. The monoisotopic (exact) mass is 162 g/mol. The predicted molar refractivity (Wildman–Crippen MR) is 42.3 cm³/mol. The zero-order valence-electron chi connectivity index (χ0n) is 6.69. The first-order valence-electron chi connectivity index (χ1n) is 4.52. The van der Waals surface area contributed by atoms with Gasteiger partial charge in [-0.15, -0.1) is 0 Å². The lowest BCUT2D eigenvalue weighted by Crippen LogP contribution is -2.28. The second-order valence-corrected chi connectivity index (χ2v) is 4.14. The van der Waals surface area contributed by atoms with Crippen molar-refractivity contribution >= 4 is 11.6 Å². The smallest absolute Gasteiger partial charge is 0.159 e. The number of Topliss-reactive ketones (excluding diaryl/α,β-unsaturated/α-hetero) is 1. The van der Waals surface area contributed by atoms with Gasteiger partial charge in [-0.2, -0.15) is 0 Å². The summed E-state index contributed by atoms with van der Waals surface area (Å²) < 4.78 is 0. The van der Waals surface area contributed by atoms with Crippen LogP contribution in [0.1, 0.15) is 12.8 Å². The molecule has 0 aromatic carbocycles. The molecule has 2 heteroatoms. The largest absolute Gasteiger partial charge is 0.299 e. The van der Waals surface area contributed by atoms with Crippen LogP contribution >= 0.6 is 0 Å². The summed E-state index contributed by atoms with van der Waals surface area (Å²) in [6, 6.07) is 0. The number of allylic oxidation sites excluding steroid dienone is 2. The SMILES string of the molecule is O=C1CC2CC1C1C(=O)C=CC21. The number of rotatable bonds is 0. The Balaban J connectivity index is 2.04. The second kappa shape index (κ2) is 1.87. The van der Waals surface area contributed by atoms with Gasteiger partial charge >= 0.3 is 0 Å². The summed E-state index contributed by atoms with van der Waals surface area (Å²) in [4.78, 5) is 22.7. The molecule has 0 amide bonds. The maximum absolute atomic E-state index is 11.4. The summed E-state index contributed by atoms with van der Waals surface area (Å²) in [7, 11) is 0. The van der Waals surface area contributed by atoms with E-state index in [0.29, 0.717) is 17.6 Å². The van der Waals surface area contributed by atoms with E-state index in [2.05, 4.69) is 0 Å². The van der Waals surface area contributed by atoms with E-state index in [-0.39, 0.29) is 17.6 Å². The van der Waals surface area contributed by atoms with E-state index in [4.69, 9.17) is 0 Å². The van der Waals surface area contributed by atoms with Gasteiger partial charge in [0.1, 0.15) is 5.78 Å². The van der Waals surface area contributed by atoms with Crippen LogP contribution in [0.5, 0.6) is 0 Å². The molecule has 3 rings (SSSR count). The molecule has 2 fully saturated rings. The number of carbonyl (C=O) groups is 2. The van der Waals surface area contributed by atoms with Crippen molar-refractivity contribution in [3.05, 3.63) is 12.2 Å². The lowest BCUT2D eigenvalue weighted by molar-refractivity contribution is -0.129. The topological polar surface area (TPSA) is 34.1 Å². The molecule has 2 nitrogen and oxygen atoms in total. The first-order valence-corrected chi connectivity index (χ1v) is 4.52. The summed E-state index contributed by atoms with van der Waals surface area (Å²) in [6.07, 6.45) is 5.39. The van der Waals surface area contributed by atoms with Gasteiger partial charge in [0.2, 0.25) is 0 Å². The maximum Gasteiger partial charge on any atom is 0.159 e. The molecular formula is C10H10O2. The lowest BCUT2D eigenvalue weighted by atomic mass is 9.80. The Hall–Kier alpha value is -0.920. The standard InChI is InChI=1S/C10H10O2/c11-8-2-1-6-5-3-7(10(6)8)9(12)4-5/h1-2,5-7,10H,3-4H2. The van der Waals surface area contributed by atoms with Crippen LogP contribution in [0.4, 0.5) is 0 Å². The molecule has 0 N–H and O–H groups in total. The minimum atomic E-state index is 0.0521. The quantitative estimate of drug-likeness (QED) is 0.531. The van der Waals surface area contributed by atoms with Crippen molar-refractivity contribution in [1.29, 1.82) is 0 Å². The Morgan fingerprint density at radius 3 is 3.00 bits per heavy atom. The molecule has 62 valence electrons. The molecule has 3 aliphatic rings. The number of ketones is 2. The molecular weight excluding hydrogens is 152 g/mol. The van der Waals surface area contributed by atoms with Crippen LogP contribution in [-0.2, 0) is 9.59 Å². The molecule has 0 heterocycles. The zero-order chi connectivity index (χ0) is 8.29. The first-order chi connectivity index (χ1) is 5.77. The van der Waals surface area contributed by atoms with Gasteiger partial charge in [-0.05, 0) is 24.3 Å². The zero-order valence-corrected chi connectivity index (χ0v) is 6.69. The van der Waals surface area contributed by atoms with Crippen LogP contribution < -0.4 is 0 Å². The van der Waals surface area contributed by atoms with E-state index in [1.54, 1.807) is 6.08 Å². The molecule has 2 saturated carbocycles. The number of hydrogen-bond donors (Lipinski definition) is 0. The highest BCUT2D eigenvalue weighted by Gasteiger charge is 2.55. The van der Waals surface area contributed by atoms with Crippen molar-refractivity contribution < 1.29 is 9.59 Å². The molecule has 0 aromatic rings. The highest BCUT2D eigenvalue weighted by atomic mass is 16.1. The van der Waals surface area contributed by atoms with Gasteiger partial charge in [-0.1, -0.05) is 6.08 Å². The molecule has 4 unspecified atom stereocenters. The molecule has 0 saturated heterocycles. The molecule has 3 aliphatic carbocycles. The average molecular weight is 162 g/mol.